The summed E-state index contributed by atoms with van der Waals surface area (Å²) in [6, 6.07) is 10.4. The van der Waals surface area contributed by atoms with Crippen molar-refractivity contribution in [2.24, 2.45) is 7.05 Å². The van der Waals surface area contributed by atoms with E-state index >= 15 is 0 Å². The van der Waals surface area contributed by atoms with Crippen molar-refractivity contribution in [1.29, 1.82) is 0 Å². The lowest BCUT2D eigenvalue weighted by Crippen LogP contribution is -2.44. The first kappa shape index (κ1) is 28.5. The van der Waals surface area contributed by atoms with Crippen LogP contribution in [0.3, 0.4) is 0 Å². The van der Waals surface area contributed by atoms with Crippen LogP contribution >= 0.6 is 0 Å². The molecule has 0 aliphatic carbocycles. The molecule has 3 aromatic rings. The van der Waals surface area contributed by atoms with E-state index in [1.54, 1.807) is 18.5 Å². The lowest BCUT2D eigenvalue weighted by atomic mass is 10.1. The Bertz CT molecular complexity index is 1350. The molecule has 1 aromatic carbocycles. The molecule has 0 spiro atoms. The van der Waals surface area contributed by atoms with Gasteiger partial charge >= 0.3 is 12.1 Å². The third-order valence-corrected chi connectivity index (χ3v) is 5.79. The molecule has 0 unspecified atom stereocenters. The van der Waals surface area contributed by atoms with Gasteiger partial charge in [0.1, 0.15) is 0 Å². The van der Waals surface area contributed by atoms with E-state index in [0.717, 1.165) is 51.5 Å². The van der Waals surface area contributed by atoms with Crippen molar-refractivity contribution in [2.75, 3.05) is 42.9 Å². The maximum absolute atomic E-state index is 13.2. The fourth-order valence-corrected chi connectivity index (χ4v) is 3.86. The predicted molar refractivity (Wildman–Crippen MR) is 138 cm³/mol. The highest BCUT2D eigenvalue weighted by atomic mass is 19.4. The number of aromatic nitrogens is 4. The van der Waals surface area contributed by atoms with Crippen molar-refractivity contribution in [1.82, 2.24) is 24.4 Å². The second-order valence-electron chi connectivity index (χ2n) is 8.45. The van der Waals surface area contributed by atoms with Gasteiger partial charge in [-0.3, -0.25) is 13.9 Å². The molecule has 1 saturated heterocycles. The monoisotopic (exact) mass is 533 g/mol. The molecule has 204 valence electrons. The Balaban J connectivity index is 0.000000505. The molecule has 0 amide bonds. The van der Waals surface area contributed by atoms with Crippen LogP contribution in [0.4, 0.5) is 25.1 Å². The van der Waals surface area contributed by atoms with Crippen LogP contribution in [0.25, 0.3) is 11.2 Å². The highest BCUT2D eigenvalue weighted by molar-refractivity contribution is 5.76. The van der Waals surface area contributed by atoms with E-state index in [2.05, 4.69) is 51.6 Å². The summed E-state index contributed by atoms with van der Waals surface area (Å²) in [5.41, 5.74) is 2.18. The maximum atomic E-state index is 13.2. The Labute approximate surface area is 217 Å². The van der Waals surface area contributed by atoms with Crippen LogP contribution in [0, 0.1) is 11.8 Å². The molecule has 4 rings (SSSR count). The van der Waals surface area contributed by atoms with Crippen molar-refractivity contribution in [3.8, 4) is 11.8 Å². The molecule has 10 nitrogen and oxygen atoms in total. The van der Waals surface area contributed by atoms with Crippen LogP contribution < -0.4 is 21.1 Å². The topological polar surface area (TPSA) is 117 Å². The van der Waals surface area contributed by atoms with Gasteiger partial charge in [0.2, 0.25) is 11.9 Å². The minimum absolute atomic E-state index is 0.109. The highest BCUT2D eigenvalue weighted by Gasteiger charge is 2.38. The van der Waals surface area contributed by atoms with E-state index in [4.69, 9.17) is 19.9 Å². The fourth-order valence-electron chi connectivity index (χ4n) is 3.86. The Morgan fingerprint density at radius 1 is 1.18 bits per heavy atom. The molecule has 2 aromatic heterocycles. The molecule has 1 aliphatic heterocycles. The van der Waals surface area contributed by atoms with Gasteiger partial charge in [0.25, 0.3) is 5.56 Å². The number of fused-ring (bicyclic) bond motifs is 1. The van der Waals surface area contributed by atoms with E-state index < -0.39 is 12.1 Å². The van der Waals surface area contributed by atoms with Crippen LogP contribution in [0.1, 0.15) is 18.9 Å². The lowest BCUT2D eigenvalue weighted by Gasteiger charge is -2.28. The quantitative estimate of drug-likeness (QED) is 0.313. The molecule has 0 saturated carbocycles. The summed E-state index contributed by atoms with van der Waals surface area (Å²) in [6.45, 7) is 6.42. The number of halogens is 3. The van der Waals surface area contributed by atoms with Crippen LogP contribution in [-0.4, -0.2) is 69.1 Å². The van der Waals surface area contributed by atoms with Gasteiger partial charge in [-0.1, -0.05) is 36.3 Å². The van der Waals surface area contributed by atoms with Crippen LogP contribution in [0.5, 0.6) is 0 Å². The number of carboxylic acids is 1. The average Bonchev–Trinajstić information content (AvgIpc) is 3.27. The second kappa shape index (κ2) is 13.0. The summed E-state index contributed by atoms with van der Waals surface area (Å²) in [4.78, 5) is 33.8. The van der Waals surface area contributed by atoms with E-state index in [9.17, 15) is 18.0 Å². The second-order valence-corrected chi connectivity index (χ2v) is 8.45. The first-order valence-electron chi connectivity index (χ1n) is 12.0. The summed E-state index contributed by atoms with van der Waals surface area (Å²) in [5.74, 6) is 4.56. The SMILES string of the molecule is CC#CCn1c(N2CCNCC2)nc2nc(NCCCc3ccccc3)n(C)c(=O)c21.O=C(O)C(F)(F)F. The van der Waals surface area contributed by atoms with Gasteiger partial charge in [-0.2, -0.15) is 23.1 Å². The zero-order valence-electron chi connectivity index (χ0n) is 21.2. The number of hydrogen-bond acceptors (Lipinski definition) is 7. The molecular weight excluding hydrogens is 503 g/mol. The number of carbonyl (C=O) groups is 1. The van der Waals surface area contributed by atoms with E-state index in [-0.39, 0.29) is 5.56 Å². The van der Waals surface area contributed by atoms with Crippen LogP contribution in [0.2, 0.25) is 0 Å². The van der Waals surface area contributed by atoms with Gasteiger partial charge in [0.15, 0.2) is 11.2 Å². The van der Waals surface area contributed by atoms with Crippen molar-refractivity contribution >= 4 is 29.0 Å². The third-order valence-electron chi connectivity index (χ3n) is 5.79. The maximum Gasteiger partial charge on any atom is 0.490 e. The standard InChI is InChI=1S/C23H29N7O.C2HF3O2/c1-3-4-15-30-19-20(27-23(30)29-16-13-24-14-17-29)26-22(28(2)21(19)31)25-12-8-11-18-9-6-5-7-10-18;3-2(4,5)1(6)7/h5-7,9-10,24H,8,11-17H2,1-2H3,(H,25,26);(H,6,7). The van der Waals surface area contributed by atoms with Crippen molar-refractivity contribution in [3.05, 3.63) is 46.2 Å². The zero-order valence-corrected chi connectivity index (χ0v) is 21.2. The number of aryl methyl sites for hydroxylation is 1. The van der Waals surface area contributed by atoms with E-state index in [0.29, 0.717) is 23.7 Å². The number of piperazine rings is 1. The minimum atomic E-state index is -5.08. The number of alkyl halides is 3. The van der Waals surface area contributed by atoms with Crippen LogP contribution in [-0.2, 0) is 24.8 Å². The number of imidazole rings is 1. The number of carboxylic acid groups (broad SMARTS) is 1. The summed E-state index contributed by atoms with van der Waals surface area (Å²) in [5, 5.41) is 13.8. The molecule has 3 N–H and O–H groups in total. The Kier molecular flexibility index (Phi) is 9.72. The average molecular weight is 534 g/mol. The number of anilines is 2. The molecule has 1 fully saturated rings. The van der Waals surface area contributed by atoms with Gasteiger partial charge in [-0.25, -0.2) is 4.79 Å². The molecule has 0 atom stereocenters. The third kappa shape index (κ3) is 7.25. The Morgan fingerprint density at radius 3 is 2.45 bits per heavy atom. The molecule has 1 aliphatic rings. The van der Waals surface area contributed by atoms with Crippen molar-refractivity contribution < 1.29 is 23.1 Å². The predicted octanol–water partition coefficient (Wildman–Crippen LogP) is 2.24. The van der Waals surface area contributed by atoms with Gasteiger partial charge in [0, 0.05) is 39.8 Å². The largest absolute Gasteiger partial charge is 0.490 e. The summed E-state index contributed by atoms with van der Waals surface area (Å²) in [6.07, 6.45) is -3.16. The van der Waals surface area contributed by atoms with Gasteiger partial charge < -0.3 is 20.6 Å². The number of nitrogens with one attached hydrogen (secondary N) is 2. The Morgan fingerprint density at radius 2 is 1.84 bits per heavy atom. The highest BCUT2D eigenvalue weighted by Crippen LogP contribution is 2.21. The summed E-state index contributed by atoms with van der Waals surface area (Å²) in [7, 11) is 1.75. The van der Waals surface area contributed by atoms with Gasteiger partial charge in [-0.05, 0) is 25.3 Å². The minimum Gasteiger partial charge on any atom is -0.475 e. The number of benzene rings is 1. The molecule has 3 heterocycles. The lowest BCUT2D eigenvalue weighted by molar-refractivity contribution is -0.192. The van der Waals surface area contributed by atoms with Gasteiger partial charge in [-0.15, -0.1) is 5.92 Å². The number of rotatable bonds is 7. The first-order chi connectivity index (χ1) is 18.1. The number of hydrogen-bond donors (Lipinski definition) is 3. The molecule has 13 heteroatoms. The first-order valence-corrected chi connectivity index (χ1v) is 12.0. The molecule has 0 radical (unpaired) electrons. The smallest absolute Gasteiger partial charge is 0.475 e. The van der Waals surface area contributed by atoms with Crippen molar-refractivity contribution in [2.45, 2.75) is 32.5 Å². The normalized spacial score (nSPS) is 13.3. The summed E-state index contributed by atoms with van der Waals surface area (Å²) >= 11 is 0. The zero-order chi connectivity index (χ0) is 27.7. The Hall–Kier alpha value is -4.05. The fraction of sp³-hybridized carbons (Fsp3) is 0.440. The number of aliphatic carboxylic acids is 1. The van der Waals surface area contributed by atoms with E-state index in [1.807, 2.05) is 10.6 Å². The number of nitrogens with zero attached hydrogens (tertiary/aromatic N) is 5. The molecular formula is C25H30F3N7O3. The van der Waals surface area contributed by atoms with Crippen molar-refractivity contribution in [3.63, 3.8) is 0 Å². The molecule has 0 bridgehead atoms. The van der Waals surface area contributed by atoms with Gasteiger partial charge in [0.05, 0.1) is 6.54 Å². The summed E-state index contributed by atoms with van der Waals surface area (Å²) < 4.78 is 35.2. The molecule has 38 heavy (non-hydrogen) atoms. The van der Waals surface area contributed by atoms with E-state index in [1.165, 1.54) is 5.56 Å². The van der Waals surface area contributed by atoms with Crippen LogP contribution in [0.15, 0.2) is 35.1 Å².